The molecule has 0 aliphatic heterocycles. The highest BCUT2D eigenvalue weighted by Crippen LogP contribution is 2.65. The number of hydrogen-bond donors (Lipinski definition) is 0. The van der Waals surface area contributed by atoms with Crippen molar-refractivity contribution >= 4 is 16.9 Å². The van der Waals surface area contributed by atoms with Crippen LogP contribution in [0.25, 0.3) is 11.0 Å². The summed E-state index contributed by atoms with van der Waals surface area (Å²) in [4.78, 5) is 26.4. The molecule has 3 saturated carbocycles. The molecule has 1 heterocycles. The van der Waals surface area contributed by atoms with Gasteiger partial charge in [-0.3, -0.25) is 4.79 Å². The summed E-state index contributed by atoms with van der Waals surface area (Å²) in [6.07, 6.45) is 17.5. The maximum Gasteiger partial charge on any atom is 0.344 e. The fraction of sp³-hybridized carbons (Fsp3) is 0.625. The molecule has 0 radical (unpaired) electrons. The van der Waals surface area contributed by atoms with E-state index in [1.165, 1.54) is 63.4 Å². The van der Waals surface area contributed by atoms with Crippen molar-refractivity contribution < 1.29 is 28.2 Å². The fourth-order valence-corrected chi connectivity index (χ4v) is 11.3. The average molecular weight is 753 g/mol. The van der Waals surface area contributed by atoms with Gasteiger partial charge >= 0.3 is 5.97 Å². The molecular weight excluding hydrogens is 689 g/mol. The maximum absolute atomic E-state index is 13.3. The van der Waals surface area contributed by atoms with Gasteiger partial charge in [0, 0.05) is 12.5 Å². The van der Waals surface area contributed by atoms with Gasteiger partial charge in [0.05, 0.1) is 12.0 Å². The van der Waals surface area contributed by atoms with Crippen LogP contribution < -0.4 is 19.6 Å². The van der Waals surface area contributed by atoms with Crippen molar-refractivity contribution in [3.8, 4) is 23.0 Å². The number of rotatable bonds is 13. The van der Waals surface area contributed by atoms with Gasteiger partial charge in [0.1, 0.15) is 34.7 Å². The molecule has 0 bridgehead atoms. The molecule has 4 aliphatic carbocycles. The van der Waals surface area contributed by atoms with Crippen LogP contribution in [0.3, 0.4) is 0 Å². The Hall–Kier alpha value is -3.74. The first kappa shape index (κ1) is 39.5. The third-order valence-corrected chi connectivity index (χ3v) is 14.4. The van der Waals surface area contributed by atoms with E-state index in [0.29, 0.717) is 40.3 Å². The van der Waals surface area contributed by atoms with E-state index in [1.54, 1.807) is 49.4 Å². The lowest BCUT2D eigenvalue weighted by Gasteiger charge is -2.61. The maximum atomic E-state index is 13.3. The van der Waals surface area contributed by atoms with Crippen molar-refractivity contribution in [3.63, 3.8) is 0 Å². The molecule has 0 saturated heterocycles. The zero-order valence-corrected chi connectivity index (χ0v) is 34.4. The zero-order valence-electron chi connectivity index (χ0n) is 34.4. The SMILES string of the molecule is CCOc1ccc(Oc2c(C)oc3cc(OCC(=O)O[C@@H]4CC[C@@]5(C)C(=CC[C@H]6[C@H]7CC[C@@H]([C@@H](C)CCCC(C)C)C[C@@]7(C)CC[C@H]65)C4)ccc3c2=O)cc1. The van der Waals surface area contributed by atoms with Crippen LogP contribution in [0.5, 0.6) is 23.0 Å². The Bertz CT molecular complexity index is 1910. The smallest absolute Gasteiger partial charge is 0.344 e. The molecule has 2 aromatic carbocycles. The number of aryl methyl sites for hydroxylation is 1. The van der Waals surface area contributed by atoms with Crippen LogP contribution in [0.2, 0.25) is 0 Å². The molecule has 0 spiro atoms. The largest absolute Gasteiger partial charge is 0.494 e. The van der Waals surface area contributed by atoms with E-state index in [1.807, 2.05) is 6.92 Å². The lowest BCUT2D eigenvalue weighted by molar-refractivity contribution is -0.154. The predicted octanol–water partition coefficient (Wildman–Crippen LogP) is 12.0. The molecule has 1 aromatic heterocycles. The molecule has 55 heavy (non-hydrogen) atoms. The topological polar surface area (TPSA) is 84.2 Å². The Morgan fingerprint density at radius 2 is 1.67 bits per heavy atom. The Kier molecular flexibility index (Phi) is 11.8. The van der Waals surface area contributed by atoms with Crippen molar-refractivity contribution in [2.45, 2.75) is 132 Å². The Balaban J connectivity index is 0.925. The van der Waals surface area contributed by atoms with Crippen LogP contribution in [0.15, 0.2) is 63.3 Å². The highest BCUT2D eigenvalue weighted by Gasteiger charge is 2.56. The molecule has 4 aliphatic rings. The second kappa shape index (κ2) is 16.4. The van der Waals surface area contributed by atoms with E-state index in [-0.39, 0.29) is 35.3 Å². The number of carbonyl (C=O) groups is 1. The monoisotopic (exact) mass is 752 g/mol. The van der Waals surface area contributed by atoms with Crippen molar-refractivity contribution in [3.05, 3.63) is 70.1 Å². The van der Waals surface area contributed by atoms with Crippen LogP contribution in [-0.4, -0.2) is 25.3 Å². The van der Waals surface area contributed by atoms with E-state index < -0.39 is 0 Å². The number of fused-ring (bicyclic) bond motifs is 6. The first-order valence-corrected chi connectivity index (χ1v) is 21.4. The van der Waals surface area contributed by atoms with E-state index in [4.69, 9.17) is 23.4 Å². The summed E-state index contributed by atoms with van der Waals surface area (Å²) in [5.74, 6) is 6.67. The first-order valence-electron chi connectivity index (χ1n) is 21.4. The van der Waals surface area contributed by atoms with Crippen LogP contribution in [-0.2, 0) is 9.53 Å². The second-order valence-corrected chi connectivity index (χ2v) is 18.4. The molecule has 8 atom stereocenters. The quantitative estimate of drug-likeness (QED) is 0.127. The zero-order chi connectivity index (χ0) is 38.9. The number of ether oxygens (including phenoxy) is 4. The fourth-order valence-electron chi connectivity index (χ4n) is 11.3. The molecule has 0 unspecified atom stereocenters. The van der Waals surface area contributed by atoms with Gasteiger partial charge in [-0.25, -0.2) is 4.79 Å². The normalized spacial score (nSPS) is 29.4. The van der Waals surface area contributed by atoms with Crippen molar-refractivity contribution in [2.75, 3.05) is 13.2 Å². The lowest BCUT2D eigenvalue weighted by atomic mass is 9.44. The van der Waals surface area contributed by atoms with Gasteiger partial charge in [0.2, 0.25) is 11.2 Å². The van der Waals surface area contributed by atoms with Crippen molar-refractivity contribution in [1.29, 1.82) is 0 Å². The third kappa shape index (κ3) is 8.37. The summed E-state index contributed by atoms with van der Waals surface area (Å²) < 4.78 is 29.3. The average Bonchev–Trinajstić information content (AvgIpc) is 3.15. The van der Waals surface area contributed by atoms with Crippen molar-refractivity contribution in [2.24, 2.45) is 46.3 Å². The summed E-state index contributed by atoms with van der Waals surface area (Å²) in [6, 6.07) is 12.1. The van der Waals surface area contributed by atoms with Gasteiger partial charge in [0.25, 0.3) is 0 Å². The number of carbonyl (C=O) groups excluding carboxylic acids is 1. The highest BCUT2D eigenvalue weighted by molar-refractivity contribution is 5.80. The minimum atomic E-state index is -0.372. The molecule has 7 nitrogen and oxygen atoms in total. The summed E-state index contributed by atoms with van der Waals surface area (Å²) >= 11 is 0. The first-order chi connectivity index (χ1) is 26.4. The summed E-state index contributed by atoms with van der Waals surface area (Å²) in [5, 5.41) is 0.368. The highest BCUT2D eigenvalue weighted by atomic mass is 16.6. The van der Waals surface area contributed by atoms with Crippen LogP contribution in [0.1, 0.15) is 124 Å². The van der Waals surface area contributed by atoms with E-state index in [0.717, 1.165) is 60.5 Å². The molecule has 0 amide bonds. The standard InChI is InChI=1S/C48H64O7/c1-8-51-35-14-16-36(17-15-35)55-46-32(5)53-43-27-37(18-20-40(43)45(46)50)52-29-44(49)54-38-22-25-48(7)34(26-38)13-19-39-41-21-12-33(31(4)11-9-10-30(2)3)28-47(41,6)24-23-42(39)48/h13-18,20,27,30-31,33,38-39,41-42H,8-12,19,21-26,28-29H2,1-7H3/t31-,33+,38+,39-,41+,42+,47+,48-/m0/s1. The minimum absolute atomic E-state index is 0.125. The summed E-state index contributed by atoms with van der Waals surface area (Å²) in [7, 11) is 0. The van der Waals surface area contributed by atoms with E-state index in [9.17, 15) is 9.59 Å². The number of hydrogen-bond acceptors (Lipinski definition) is 7. The molecule has 7 heteroatoms. The van der Waals surface area contributed by atoms with Gasteiger partial charge < -0.3 is 23.4 Å². The minimum Gasteiger partial charge on any atom is -0.494 e. The van der Waals surface area contributed by atoms with Gasteiger partial charge in [-0.15, -0.1) is 0 Å². The van der Waals surface area contributed by atoms with Gasteiger partial charge in [-0.05, 0) is 148 Å². The van der Waals surface area contributed by atoms with Crippen LogP contribution in [0.4, 0.5) is 0 Å². The lowest BCUT2D eigenvalue weighted by Crippen LogP contribution is -2.52. The Morgan fingerprint density at radius 3 is 2.44 bits per heavy atom. The number of esters is 1. The van der Waals surface area contributed by atoms with Crippen LogP contribution in [0, 0.1) is 53.3 Å². The Morgan fingerprint density at radius 1 is 0.909 bits per heavy atom. The molecular formula is C48H64O7. The third-order valence-electron chi connectivity index (χ3n) is 14.4. The van der Waals surface area contributed by atoms with Gasteiger partial charge in [-0.1, -0.05) is 65.5 Å². The molecule has 3 aromatic rings. The molecule has 298 valence electrons. The Labute approximate surface area is 328 Å². The summed E-state index contributed by atoms with van der Waals surface area (Å²) in [6.45, 7) is 16.4. The predicted molar refractivity (Wildman–Crippen MR) is 218 cm³/mol. The van der Waals surface area contributed by atoms with E-state index in [2.05, 4.69) is 40.7 Å². The molecule has 7 rings (SSSR count). The molecule has 0 N–H and O–H groups in total. The number of benzene rings is 2. The van der Waals surface area contributed by atoms with Crippen molar-refractivity contribution in [1.82, 2.24) is 0 Å². The van der Waals surface area contributed by atoms with Gasteiger partial charge in [0.15, 0.2) is 6.61 Å². The van der Waals surface area contributed by atoms with Gasteiger partial charge in [-0.2, -0.15) is 0 Å². The molecule has 3 fully saturated rings. The number of allylic oxidation sites excluding steroid dienone is 1. The second-order valence-electron chi connectivity index (χ2n) is 18.4. The van der Waals surface area contributed by atoms with E-state index >= 15 is 0 Å². The van der Waals surface area contributed by atoms with Crippen LogP contribution >= 0.6 is 0 Å². The summed E-state index contributed by atoms with van der Waals surface area (Å²) in [5.41, 5.74) is 2.29.